The fourth-order valence-corrected chi connectivity index (χ4v) is 6.24. The van der Waals surface area contributed by atoms with E-state index < -0.39 is 9.84 Å². The standard InChI is InChI=1S/C22H24N4O3S/c1-15-20-18(22(27)25-10-5-6-11-25)13-19(16-7-3-2-4-8-16)23-21(20)26(24-15)17-9-12-30(28,29)14-17/h2-4,7-8,13,17H,5-6,9-12,14H2,1H3/t17-/m0/s1. The van der Waals surface area contributed by atoms with Crippen LogP contribution in [0.25, 0.3) is 22.3 Å². The van der Waals surface area contributed by atoms with Gasteiger partial charge in [0.1, 0.15) is 0 Å². The lowest BCUT2D eigenvalue weighted by atomic mass is 10.0. The summed E-state index contributed by atoms with van der Waals surface area (Å²) in [5.74, 6) is 0.227. The summed E-state index contributed by atoms with van der Waals surface area (Å²) >= 11 is 0. The minimum Gasteiger partial charge on any atom is -0.339 e. The molecule has 3 aromatic rings. The lowest BCUT2D eigenvalue weighted by Crippen LogP contribution is -2.28. The van der Waals surface area contributed by atoms with Gasteiger partial charge in [0.05, 0.1) is 39.9 Å². The zero-order valence-electron chi connectivity index (χ0n) is 16.9. The number of fused-ring (bicyclic) bond motifs is 1. The van der Waals surface area contributed by atoms with Crippen molar-refractivity contribution in [1.82, 2.24) is 19.7 Å². The zero-order valence-corrected chi connectivity index (χ0v) is 17.7. The summed E-state index contributed by atoms with van der Waals surface area (Å²) in [6, 6.07) is 11.4. The first-order valence-electron chi connectivity index (χ1n) is 10.4. The molecule has 0 N–H and O–H groups in total. The first kappa shape index (κ1) is 19.2. The molecular formula is C22H24N4O3S. The molecule has 2 fully saturated rings. The number of rotatable bonds is 3. The minimum absolute atomic E-state index is 0.00113. The molecule has 2 aliphatic heterocycles. The van der Waals surface area contributed by atoms with E-state index in [4.69, 9.17) is 4.98 Å². The van der Waals surface area contributed by atoms with Crippen LogP contribution in [-0.2, 0) is 9.84 Å². The molecular weight excluding hydrogens is 400 g/mol. The van der Waals surface area contributed by atoms with Crippen molar-refractivity contribution in [2.24, 2.45) is 0 Å². The Morgan fingerprint density at radius 1 is 1.13 bits per heavy atom. The van der Waals surface area contributed by atoms with E-state index in [1.54, 1.807) is 4.68 Å². The van der Waals surface area contributed by atoms with Crippen molar-refractivity contribution in [3.8, 4) is 11.3 Å². The molecule has 0 unspecified atom stereocenters. The van der Waals surface area contributed by atoms with Crippen molar-refractivity contribution in [1.29, 1.82) is 0 Å². The third-order valence-electron chi connectivity index (χ3n) is 6.08. The lowest BCUT2D eigenvalue weighted by molar-refractivity contribution is 0.0794. The Bertz CT molecular complexity index is 1230. The van der Waals surface area contributed by atoms with Gasteiger partial charge in [-0.05, 0) is 32.3 Å². The molecule has 2 aliphatic rings. The van der Waals surface area contributed by atoms with Crippen LogP contribution < -0.4 is 0 Å². The van der Waals surface area contributed by atoms with Gasteiger partial charge in [0.2, 0.25) is 0 Å². The number of carbonyl (C=O) groups is 1. The maximum atomic E-state index is 13.4. The molecule has 1 aromatic carbocycles. The smallest absolute Gasteiger partial charge is 0.254 e. The Kier molecular flexibility index (Phi) is 4.61. The number of pyridine rings is 1. The van der Waals surface area contributed by atoms with Crippen LogP contribution >= 0.6 is 0 Å². The minimum atomic E-state index is -3.07. The molecule has 1 atom stereocenters. The van der Waals surface area contributed by atoms with Crippen molar-refractivity contribution in [2.45, 2.75) is 32.2 Å². The fourth-order valence-electron chi connectivity index (χ4n) is 4.55. The van der Waals surface area contributed by atoms with Gasteiger partial charge >= 0.3 is 0 Å². The Morgan fingerprint density at radius 3 is 2.53 bits per heavy atom. The molecule has 2 aromatic heterocycles. The zero-order chi connectivity index (χ0) is 20.9. The first-order chi connectivity index (χ1) is 14.4. The second-order valence-electron chi connectivity index (χ2n) is 8.21. The molecule has 0 radical (unpaired) electrons. The molecule has 8 heteroatoms. The topological polar surface area (TPSA) is 85.2 Å². The number of hydrogen-bond donors (Lipinski definition) is 0. The highest BCUT2D eigenvalue weighted by atomic mass is 32.2. The maximum absolute atomic E-state index is 13.4. The Labute approximate surface area is 175 Å². The number of carbonyl (C=O) groups excluding carboxylic acids is 1. The van der Waals surface area contributed by atoms with Crippen LogP contribution in [0.1, 0.15) is 41.4 Å². The van der Waals surface area contributed by atoms with Crippen LogP contribution in [0.15, 0.2) is 36.4 Å². The van der Waals surface area contributed by atoms with Crippen LogP contribution in [0.2, 0.25) is 0 Å². The van der Waals surface area contributed by atoms with Crippen molar-refractivity contribution in [3.05, 3.63) is 47.7 Å². The third kappa shape index (κ3) is 3.29. The van der Waals surface area contributed by atoms with Gasteiger partial charge in [-0.15, -0.1) is 0 Å². The highest BCUT2D eigenvalue weighted by molar-refractivity contribution is 7.91. The maximum Gasteiger partial charge on any atom is 0.254 e. The molecule has 1 amide bonds. The number of sulfone groups is 1. The van der Waals surface area contributed by atoms with Crippen molar-refractivity contribution in [2.75, 3.05) is 24.6 Å². The van der Waals surface area contributed by atoms with Crippen molar-refractivity contribution < 1.29 is 13.2 Å². The number of nitrogens with zero attached hydrogens (tertiary/aromatic N) is 4. The van der Waals surface area contributed by atoms with Gasteiger partial charge < -0.3 is 4.90 Å². The summed E-state index contributed by atoms with van der Waals surface area (Å²) in [6.45, 7) is 3.39. The van der Waals surface area contributed by atoms with Gasteiger partial charge in [0.25, 0.3) is 5.91 Å². The molecule has 0 bridgehead atoms. The van der Waals surface area contributed by atoms with Gasteiger partial charge in [-0.3, -0.25) is 4.79 Å². The van der Waals surface area contributed by atoms with E-state index in [0.717, 1.165) is 36.9 Å². The number of benzene rings is 1. The largest absolute Gasteiger partial charge is 0.339 e. The predicted molar refractivity (Wildman–Crippen MR) is 115 cm³/mol. The van der Waals surface area contributed by atoms with Crippen LogP contribution in [0.3, 0.4) is 0 Å². The normalized spacial score (nSPS) is 20.8. The molecule has 30 heavy (non-hydrogen) atoms. The number of aromatic nitrogens is 3. The van der Waals surface area contributed by atoms with E-state index >= 15 is 0 Å². The summed E-state index contributed by atoms with van der Waals surface area (Å²) in [5.41, 5.74) is 3.53. The highest BCUT2D eigenvalue weighted by Crippen LogP contribution is 2.33. The SMILES string of the molecule is Cc1nn([C@H]2CCS(=O)(=O)C2)c2nc(-c3ccccc3)cc(C(=O)N3CCCC3)c12. The summed E-state index contributed by atoms with van der Waals surface area (Å²) in [5, 5.41) is 5.39. The number of aryl methyl sites for hydroxylation is 1. The molecule has 0 aliphatic carbocycles. The van der Waals surface area contributed by atoms with E-state index in [0.29, 0.717) is 29.0 Å². The number of hydrogen-bond acceptors (Lipinski definition) is 5. The number of amides is 1. The molecule has 156 valence electrons. The van der Waals surface area contributed by atoms with E-state index in [-0.39, 0.29) is 23.5 Å². The van der Waals surface area contributed by atoms with Crippen LogP contribution in [0, 0.1) is 6.92 Å². The van der Waals surface area contributed by atoms with Gasteiger partial charge in [0, 0.05) is 18.7 Å². The average molecular weight is 425 g/mol. The third-order valence-corrected chi connectivity index (χ3v) is 7.83. The molecule has 2 saturated heterocycles. The summed E-state index contributed by atoms with van der Waals surface area (Å²) in [4.78, 5) is 20.1. The second-order valence-corrected chi connectivity index (χ2v) is 10.4. The van der Waals surface area contributed by atoms with Crippen LogP contribution in [0.4, 0.5) is 0 Å². The van der Waals surface area contributed by atoms with E-state index in [1.807, 2.05) is 48.2 Å². The average Bonchev–Trinajstić information content (AvgIpc) is 3.47. The highest BCUT2D eigenvalue weighted by Gasteiger charge is 2.33. The summed E-state index contributed by atoms with van der Waals surface area (Å²) in [7, 11) is -3.07. The fraction of sp³-hybridized carbons (Fsp3) is 0.409. The predicted octanol–water partition coefficient (Wildman–Crippen LogP) is 3.00. The van der Waals surface area contributed by atoms with Crippen LogP contribution in [-0.4, -0.2) is 58.6 Å². The lowest BCUT2D eigenvalue weighted by Gasteiger charge is -2.17. The first-order valence-corrected chi connectivity index (χ1v) is 12.2. The van der Waals surface area contributed by atoms with E-state index in [2.05, 4.69) is 5.10 Å². The Morgan fingerprint density at radius 2 is 1.87 bits per heavy atom. The summed E-state index contributed by atoms with van der Waals surface area (Å²) in [6.07, 6.45) is 2.55. The van der Waals surface area contributed by atoms with Crippen molar-refractivity contribution in [3.63, 3.8) is 0 Å². The van der Waals surface area contributed by atoms with E-state index in [1.165, 1.54) is 0 Å². The molecule has 5 rings (SSSR count). The quantitative estimate of drug-likeness (QED) is 0.645. The molecule has 4 heterocycles. The molecule has 0 spiro atoms. The Balaban J connectivity index is 1.72. The summed E-state index contributed by atoms with van der Waals surface area (Å²) < 4.78 is 25.9. The molecule has 0 saturated carbocycles. The van der Waals surface area contributed by atoms with E-state index in [9.17, 15) is 13.2 Å². The van der Waals surface area contributed by atoms with Crippen molar-refractivity contribution >= 4 is 26.8 Å². The van der Waals surface area contributed by atoms with Gasteiger partial charge in [-0.1, -0.05) is 30.3 Å². The van der Waals surface area contributed by atoms with Gasteiger partial charge in [-0.2, -0.15) is 5.10 Å². The Hall–Kier alpha value is -2.74. The van der Waals surface area contributed by atoms with Crippen LogP contribution in [0.5, 0.6) is 0 Å². The number of likely N-dealkylation sites (tertiary alicyclic amines) is 1. The second kappa shape index (κ2) is 7.19. The van der Waals surface area contributed by atoms with Gasteiger partial charge in [0.15, 0.2) is 15.5 Å². The van der Waals surface area contributed by atoms with Gasteiger partial charge in [-0.25, -0.2) is 18.1 Å². The monoisotopic (exact) mass is 424 g/mol. The molecule has 7 nitrogen and oxygen atoms in total.